The number of carbonyl (C=O) groups is 1. The first-order valence-corrected chi connectivity index (χ1v) is 10.4. The maximum Gasteiger partial charge on any atom is 0.312 e. The summed E-state index contributed by atoms with van der Waals surface area (Å²) in [4.78, 5) is 14.7. The topological polar surface area (TPSA) is 105 Å². The van der Waals surface area contributed by atoms with Gasteiger partial charge in [0.1, 0.15) is 0 Å². The molecule has 3 rings (SSSR count). The van der Waals surface area contributed by atoms with E-state index in [9.17, 15) is 13.2 Å². The number of nitrogens with zero attached hydrogens (tertiary/aromatic N) is 3. The summed E-state index contributed by atoms with van der Waals surface area (Å²) >= 11 is 0. The van der Waals surface area contributed by atoms with E-state index in [1.165, 1.54) is 29.3 Å². The van der Waals surface area contributed by atoms with E-state index in [-0.39, 0.29) is 10.8 Å². The van der Waals surface area contributed by atoms with Crippen LogP contribution >= 0.6 is 0 Å². The lowest BCUT2D eigenvalue weighted by atomic mass is 10.1. The Morgan fingerprint density at radius 2 is 1.70 bits per heavy atom. The Morgan fingerprint density at radius 3 is 2.27 bits per heavy atom. The zero-order valence-electron chi connectivity index (χ0n) is 16.8. The van der Waals surface area contributed by atoms with Crippen molar-refractivity contribution in [1.29, 1.82) is 0 Å². The molecule has 2 aromatic carbocycles. The Bertz CT molecular complexity index is 1130. The molecule has 2 N–H and O–H groups in total. The van der Waals surface area contributed by atoms with Crippen LogP contribution in [-0.2, 0) is 19.2 Å². The highest BCUT2D eigenvalue weighted by Crippen LogP contribution is 2.25. The first-order valence-electron chi connectivity index (χ1n) is 9.02. The Labute approximate surface area is 175 Å². The maximum absolute atomic E-state index is 12.8. The Balaban J connectivity index is 1.76. The predicted molar refractivity (Wildman–Crippen MR) is 117 cm³/mol. The monoisotopic (exact) mass is 426 g/mol. The maximum atomic E-state index is 12.8. The summed E-state index contributed by atoms with van der Waals surface area (Å²) in [6.07, 6.45) is 5.42. The van der Waals surface area contributed by atoms with Crippen LogP contribution in [0.25, 0.3) is 6.08 Å². The summed E-state index contributed by atoms with van der Waals surface area (Å²) in [6.45, 7) is 1.74. The van der Waals surface area contributed by atoms with Crippen molar-refractivity contribution in [2.24, 2.45) is 11.0 Å². The van der Waals surface area contributed by atoms with Crippen molar-refractivity contribution >= 4 is 39.2 Å². The summed E-state index contributed by atoms with van der Waals surface area (Å²) in [5, 5.41) is 5.50. The minimum atomic E-state index is -4.00. The molecule has 156 valence electrons. The van der Waals surface area contributed by atoms with Crippen LogP contribution in [-0.4, -0.2) is 34.1 Å². The molecule has 0 saturated carbocycles. The fourth-order valence-electron chi connectivity index (χ4n) is 2.83. The summed E-state index contributed by atoms with van der Waals surface area (Å²) < 4.78 is 27.2. The number of anilines is 2. The second-order valence-electron chi connectivity index (χ2n) is 6.77. The van der Waals surface area contributed by atoms with Gasteiger partial charge in [-0.05, 0) is 55.0 Å². The van der Waals surface area contributed by atoms with Crippen molar-refractivity contribution in [2.45, 2.75) is 11.8 Å². The molecule has 1 aliphatic heterocycles. The summed E-state index contributed by atoms with van der Waals surface area (Å²) in [5.74, 6) is 4.48. The highest BCUT2D eigenvalue weighted by molar-refractivity contribution is 7.86. The van der Waals surface area contributed by atoms with Crippen molar-refractivity contribution < 1.29 is 17.5 Å². The molecule has 0 spiro atoms. The van der Waals surface area contributed by atoms with E-state index in [0.717, 1.165) is 11.3 Å². The third kappa shape index (κ3) is 4.48. The van der Waals surface area contributed by atoms with E-state index in [2.05, 4.69) is 9.39 Å². The Hall–Kier alpha value is -3.27. The summed E-state index contributed by atoms with van der Waals surface area (Å²) in [5.41, 5.74) is 3.56. The van der Waals surface area contributed by atoms with E-state index in [0.29, 0.717) is 17.0 Å². The number of hydrazone groups is 1. The highest BCUT2D eigenvalue weighted by atomic mass is 32.2. The SMILES string of the molecule is CC1=NN(c2ccc(S(=O)(=O)ON)cc2)C(=O)/C1=C\C=C\c1ccc(N(C)C)cc1. The number of nitrogens with two attached hydrogens (primary N) is 1. The van der Waals surface area contributed by atoms with E-state index in [1.807, 2.05) is 49.3 Å². The van der Waals surface area contributed by atoms with Crippen molar-refractivity contribution in [3.63, 3.8) is 0 Å². The fourth-order valence-corrected chi connectivity index (χ4v) is 3.41. The minimum absolute atomic E-state index is 0.111. The number of hydrogen-bond donors (Lipinski definition) is 1. The standard InChI is InChI=1S/C21H22N4O4S/c1-15-20(6-4-5-16-7-9-17(10-8-16)24(2)3)21(26)25(23-15)18-11-13-19(14-12-18)30(27,28)29-22/h4-14H,22H2,1-3H3/b5-4+,20-6-. The van der Waals surface area contributed by atoms with Crippen LogP contribution in [0.5, 0.6) is 0 Å². The van der Waals surface area contributed by atoms with Gasteiger partial charge in [-0.3, -0.25) is 4.79 Å². The molecule has 30 heavy (non-hydrogen) atoms. The van der Waals surface area contributed by atoms with E-state index >= 15 is 0 Å². The van der Waals surface area contributed by atoms with Crippen LogP contribution in [0.3, 0.4) is 0 Å². The molecule has 1 amide bonds. The third-order valence-corrected chi connectivity index (χ3v) is 5.62. The Morgan fingerprint density at radius 1 is 1.07 bits per heavy atom. The van der Waals surface area contributed by atoms with Gasteiger partial charge in [0.05, 0.1) is 21.9 Å². The van der Waals surface area contributed by atoms with Crippen molar-refractivity contribution in [3.8, 4) is 0 Å². The number of amides is 1. The molecule has 0 bridgehead atoms. The molecule has 0 fully saturated rings. The van der Waals surface area contributed by atoms with Crippen molar-refractivity contribution in [3.05, 3.63) is 71.8 Å². The van der Waals surface area contributed by atoms with Gasteiger partial charge in [0.25, 0.3) is 5.91 Å². The van der Waals surface area contributed by atoms with Gasteiger partial charge in [0.15, 0.2) is 0 Å². The van der Waals surface area contributed by atoms with Gasteiger partial charge in [0, 0.05) is 19.8 Å². The second-order valence-corrected chi connectivity index (χ2v) is 8.34. The molecular formula is C21H22N4O4S. The first-order chi connectivity index (χ1) is 14.2. The number of carbonyl (C=O) groups excluding carboxylic acids is 1. The van der Waals surface area contributed by atoms with Gasteiger partial charge in [-0.25, -0.2) is 0 Å². The predicted octanol–water partition coefficient (Wildman–Crippen LogP) is 2.69. The number of benzene rings is 2. The normalized spacial score (nSPS) is 15.9. The summed E-state index contributed by atoms with van der Waals surface area (Å²) in [6, 6.07) is 13.5. The number of allylic oxidation sites excluding steroid dienone is 2. The van der Waals surface area contributed by atoms with Gasteiger partial charge in [-0.15, -0.1) is 0 Å². The zero-order valence-corrected chi connectivity index (χ0v) is 17.6. The van der Waals surface area contributed by atoms with Gasteiger partial charge < -0.3 is 4.90 Å². The van der Waals surface area contributed by atoms with Gasteiger partial charge in [-0.1, -0.05) is 24.3 Å². The molecule has 0 aromatic heterocycles. The second kappa shape index (κ2) is 8.62. The van der Waals surface area contributed by atoms with Crippen LogP contribution in [0.15, 0.2) is 76.3 Å². The molecule has 0 atom stereocenters. The Kier molecular flexibility index (Phi) is 6.16. The largest absolute Gasteiger partial charge is 0.378 e. The lowest BCUT2D eigenvalue weighted by molar-refractivity contribution is -0.114. The fraction of sp³-hybridized carbons (Fsp3) is 0.143. The number of hydrogen-bond acceptors (Lipinski definition) is 7. The lowest BCUT2D eigenvalue weighted by Gasteiger charge is -2.12. The van der Waals surface area contributed by atoms with Crippen LogP contribution in [0, 0.1) is 0 Å². The van der Waals surface area contributed by atoms with E-state index in [4.69, 9.17) is 5.90 Å². The number of rotatable bonds is 6. The molecule has 1 heterocycles. The average Bonchev–Trinajstić information content (AvgIpc) is 3.02. The lowest BCUT2D eigenvalue weighted by Crippen LogP contribution is -2.21. The molecule has 0 unspecified atom stereocenters. The summed E-state index contributed by atoms with van der Waals surface area (Å²) in [7, 11) is -0.0452. The van der Waals surface area contributed by atoms with E-state index in [1.54, 1.807) is 19.1 Å². The van der Waals surface area contributed by atoms with Crippen LogP contribution in [0.2, 0.25) is 0 Å². The molecule has 9 heteroatoms. The molecule has 0 radical (unpaired) electrons. The molecular weight excluding hydrogens is 404 g/mol. The highest BCUT2D eigenvalue weighted by Gasteiger charge is 2.28. The molecule has 2 aromatic rings. The van der Waals surface area contributed by atoms with Crippen LogP contribution in [0.1, 0.15) is 12.5 Å². The molecule has 8 nitrogen and oxygen atoms in total. The van der Waals surface area contributed by atoms with Crippen molar-refractivity contribution in [1.82, 2.24) is 0 Å². The zero-order chi connectivity index (χ0) is 21.9. The quantitative estimate of drug-likeness (QED) is 0.562. The van der Waals surface area contributed by atoms with E-state index < -0.39 is 10.1 Å². The van der Waals surface area contributed by atoms with Crippen LogP contribution in [0.4, 0.5) is 11.4 Å². The van der Waals surface area contributed by atoms with Gasteiger partial charge >= 0.3 is 10.1 Å². The average molecular weight is 426 g/mol. The molecule has 0 saturated heterocycles. The van der Waals surface area contributed by atoms with Gasteiger partial charge in [0.2, 0.25) is 0 Å². The first kappa shape index (κ1) is 21.4. The molecule has 1 aliphatic rings. The third-order valence-electron chi connectivity index (χ3n) is 4.52. The van der Waals surface area contributed by atoms with Gasteiger partial charge in [-0.2, -0.15) is 28.7 Å². The van der Waals surface area contributed by atoms with Crippen LogP contribution < -0.4 is 15.8 Å². The minimum Gasteiger partial charge on any atom is -0.378 e. The smallest absolute Gasteiger partial charge is 0.312 e. The van der Waals surface area contributed by atoms with Crippen molar-refractivity contribution in [2.75, 3.05) is 24.0 Å². The molecule has 0 aliphatic carbocycles.